The molecule has 4 unspecified atom stereocenters. The molecule has 10 heteroatoms. The third-order valence-corrected chi connectivity index (χ3v) is 4.22. The van der Waals surface area contributed by atoms with Crippen LogP contribution < -0.4 is 5.32 Å². The number of fused-ring (bicyclic) bond motifs is 1. The van der Waals surface area contributed by atoms with E-state index in [1.54, 1.807) is 4.57 Å². The van der Waals surface area contributed by atoms with Crippen LogP contribution in [0.2, 0.25) is 0 Å². The summed E-state index contributed by atoms with van der Waals surface area (Å²) in [5.41, 5.74) is 1.05. The number of hydrogen-bond donors (Lipinski definition) is 4. The van der Waals surface area contributed by atoms with E-state index in [1.165, 1.54) is 12.7 Å². The molecule has 2 aromatic heterocycles. The van der Waals surface area contributed by atoms with Crippen LogP contribution in [-0.2, 0) is 4.74 Å². The van der Waals surface area contributed by atoms with E-state index < -0.39 is 24.5 Å². The van der Waals surface area contributed by atoms with Crippen LogP contribution in [0.3, 0.4) is 0 Å². The summed E-state index contributed by atoms with van der Waals surface area (Å²) in [4.78, 5) is 14.9. The van der Waals surface area contributed by atoms with Crippen molar-refractivity contribution < 1.29 is 20.1 Å². The van der Waals surface area contributed by atoms with Crippen LogP contribution in [0, 0.1) is 0 Å². The lowest BCUT2D eigenvalue weighted by molar-refractivity contribution is -0.0511. The van der Waals surface area contributed by atoms with Gasteiger partial charge in [0, 0.05) is 6.54 Å². The van der Waals surface area contributed by atoms with Crippen LogP contribution in [-0.4, -0.2) is 91.8 Å². The monoisotopic (exact) mass is 352 g/mol. The number of imidazole rings is 1. The van der Waals surface area contributed by atoms with E-state index in [9.17, 15) is 15.3 Å². The van der Waals surface area contributed by atoms with Crippen LogP contribution in [0.25, 0.3) is 11.2 Å². The smallest absolute Gasteiger partial charge is 0.167 e. The Morgan fingerprint density at radius 3 is 2.72 bits per heavy atom. The number of hydrogen-bond acceptors (Lipinski definition) is 9. The van der Waals surface area contributed by atoms with Gasteiger partial charge in [0.25, 0.3) is 0 Å². The summed E-state index contributed by atoms with van der Waals surface area (Å²) in [5, 5.41) is 32.6. The summed E-state index contributed by atoms with van der Waals surface area (Å²) in [5.74, 6) is 0.606. The standard InChI is InChI=1S/C15H24N6O4/c1-20(2)5-3-4-16-13-10-14(18-7-17-13)21(8-19-10)15-12(24)11(23)9(6-22)25-15/h7-9,11-12,15,22-24H,3-6H2,1-2H3,(H,16,17,18). The maximum Gasteiger partial charge on any atom is 0.167 e. The van der Waals surface area contributed by atoms with Gasteiger partial charge in [-0.25, -0.2) is 15.0 Å². The Morgan fingerprint density at radius 2 is 2.04 bits per heavy atom. The molecule has 0 saturated carbocycles. The van der Waals surface area contributed by atoms with Crippen molar-refractivity contribution >= 4 is 17.0 Å². The maximum atomic E-state index is 10.2. The Balaban J connectivity index is 1.79. The first-order valence-electron chi connectivity index (χ1n) is 8.21. The maximum absolute atomic E-state index is 10.2. The van der Waals surface area contributed by atoms with Crippen LogP contribution in [0.5, 0.6) is 0 Å². The minimum Gasteiger partial charge on any atom is -0.394 e. The highest BCUT2D eigenvalue weighted by Gasteiger charge is 2.44. The van der Waals surface area contributed by atoms with Gasteiger partial charge in [-0.3, -0.25) is 4.57 Å². The number of nitrogens with one attached hydrogen (secondary N) is 1. The highest BCUT2D eigenvalue weighted by molar-refractivity contribution is 5.82. The summed E-state index contributed by atoms with van der Waals surface area (Å²) in [6.45, 7) is 1.32. The molecule has 1 saturated heterocycles. The van der Waals surface area contributed by atoms with E-state index in [1.807, 2.05) is 14.1 Å². The Morgan fingerprint density at radius 1 is 1.24 bits per heavy atom. The summed E-state index contributed by atoms with van der Waals surface area (Å²) in [7, 11) is 4.04. The zero-order valence-electron chi connectivity index (χ0n) is 14.3. The average Bonchev–Trinajstić information content (AvgIpc) is 3.14. The molecule has 3 heterocycles. The number of anilines is 1. The number of aliphatic hydroxyl groups is 3. The molecule has 1 aliphatic rings. The number of nitrogens with zero attached hydrogens (tertiary/aromatic N) is 5. The molecule has 1 fully saturated rings. The number of aromatic nitrogens is 4. The summed E-state index contributed by atoms with van der Waals surface area (Å²) < 4.78 is 7.09. The average molecular weight is 352 g/mol. The van der Waals surface area contributed by atoms with Gasteiger partial charge >= 0.3 is 0 Å². The molecule has 2 aromatic rings. The molecule has 4 atom stereocenters. The van der Waals surface area contributed by atoms with Gasteiger partial charge in [-0.05, 0) is 27.1 Å². The highest BCUT2D eigenvalue weighted by atomic mass is 16.6. The lowest BCUT2D eigenvalue weighted by Gasteiger charge is -2.16. The quantitative estimate of drug-likeness (QED) is 0.454. The molecule has 4 N–H and O–H groups in total. The number of aliphatic hydroxyl groups excluding tert-OH is 3. The molecule has 0 amide bonds. The van der Waals surface area contributed by atoms with Crippen molar-refractivity contribution in [2.24, 2.45) is 0 Å². The van der Waals surface area contributed by atoms with E-state index in [0.29, 0.717) is 17.0 Å². The van der Waals surface area contributed by atoms with E-state index in [2.05, 4.69) is 25.2 Å². The third-order valence-electron chi connectivity index (χ3n) is 4.22. The van der Waals surface area contributed by atoms with E-state index in [4.69, 9.17) is 4.74 Å². The van der Waals surface area contributed by atoms with Gasteiger partial charge in [0.2, 0.25) is 0 Å². The summed E-state index contributed by atoms with van der Waals surface area (Å²) in [6.07, 6.45) is -0.204. The second-order valence-electron chi connectivity index (χ2n) is 6.36. The number of ether oxygens (including phenoxy) is 1. The first-order chi connectivity index (χ1) is 12.0. The van der Waals surface area contributed by atoms with Gasteiger partial charge in [0.1, 0.15) is 24.6 Å². The molecule has 0 bridgehead atoms. The zero-order chi connectivity index (χ0) is 18.0. The van der Waals surface area contributed by atoms with Crippen LogP contribution in [0.1, 0.15) is 12.6 Å². The Bertz CT molecular complexity index is 708. The first kappa shape index (κ1) is 18.0. The minimum atomic E-state index is -1.18. The van der Waals surface area contributed by atoms with Crippen molar-refractivity contribution in [3.05, 3.63) is 12.7 Å². The van der Waals surface area contributed by atoms with Gasteiger partial charge < -0.3 is 30.3 Å². The van der Waals surface area contributed by atoms with Crippen molar-refractivity contribution in [1.82, 2.24) is 24.4 Å². The fraction of sp³-hybridized carbons (Fsp3) is 0.667. The van der Waals surface area contributed by atoms with Crippen LogP contribution in [0.15, 0.2) is 12.7 Å². The van der Waals surface area contributed by atoms with Gasteiger partial charge in [-0.2, -0.15) is 0 Å². The van der Waals surface area contributed by atoms with Gasteiger partial charge in [-0.1, -0.05) is 0 Å². The number of rotatable bonds is 7. The van der Waals surface area contributed by atoms with Crippen molar-refractivity contribution in [3.63, 3.8) is 0 Å². The third kappa shape index (κ3) is 3.58. The molecular formula is C15H24N6O4. The molecule has 0 radical (unpaired) electrons. The SMILES string of the molecule is CN(C)CCCNc1ncnc2c1ncn2C1OC(CO)C(O)C1O. The normalized spacial score (nSPS) is 26.6. The molecule has 0 aliphatic carbocycles. The van der Waals surface area contributed by atoms with E-state index in [0.717, 1.165) is 19.5 Å². The minimum absolute atomic E-state index is 0.380. The van der Waals surface area contributed by atoms with E-state index in [-0.39, 0.29) is 6.61 Å². The fourth-order valence-corrected chi connectivity index (χ4v) is 2.88. The zero-order valence-corrected chi connectivity index (χ0v) is 14.3. The highest BCUT2D eigenvalue weighted by Crippen LogP contribution is 2.31. The second kappa shape index (κ2) is 7.58. The molecule has 0 aromatic carbocycles. The molecule has 138 valence electrons. The summed E-state index contributed by atoms with van der Waals surface area (Å²) >= 11 is 0. The van der Waals surface area contributed by atoms with Crippen molar-refractivity contribution in [2.45, 2.75) is 31.0 Å². The van der Waals surface area contributed by atoms with Crippen molar-refractivity contribution in [3.8, 4) is 0 Å². The first-order valence-corrected chi connectivity index (χ1v) is 8.21. The molecule has 3 rings (SSSR count). The molecule has 0 spiro atoms. The van der Waals surface area contributed by atoms with Gasteiger partial charge in [0.05, 0.1) is 12.9 Å². The predicted octanol–water partition coefficient (Wildman–Crippen LogP) is -1.20. The van der Waals surface area contributed by atoms with Crippen molar-refractivity contribution in [2.75, 3.05) is 39.1 Å². The fourth-order valence-electron chi connectivity index (χ4n) is 2.88. The van der Waals surface area contributed by atoms with Crippen LogP contribution in [0.4, 0.5) is 5.82 Å². The van der Waals surface area contributed by atoms with E-state index >= 15 is 0 Å². The molecule has 1 aliphatic heterocycles. The lowest BCUT2D eigenvalue weighted by Crippen LogP contribution is -2.33. The second-order valence-corrected chi connectivity index (χ2v) is 6.36. The largest absolute Gasteiger partial charge is 0.394 e. The molecule has 10 nitrogen and oxygen atoms in total. The van der Waals surface area contributed by atoms with Gasteiger partial charge in [-0.15, -0.1) is 0 Å². The molecule has 25 heavy (non-hydrogen) atoms. The van der Waals surface area contributed by atoms with Crippen molar-refractivity contribution in [1.29, 1.82) is 0 Å². The summed E-state index contributed by atoms with van der Waals surface area (Å²) in [6, 6.07) is 0. The predicted molar refractivity (Wildman–Crippen MR) is 90.0 cm³/mol. The van der Waals surface area contributed by atoms with Crippen LogP contribution >= 0.6 is 0 Å². The Hall–Kier alpha value is -1.85. The Kier molecular flexibility index (Phi) is 5.45. The van der Waals surface area contributed by atoms with Gasteiger partial charge in [0.15, 0.2) is 23.2 Å². The lowest BCUT2D eigenvalue weighted by atomic mass is 10.1. The topological polar surface area (TPSA) is 129 Å². The Labute approximate surface area is 145 Å². The molecular weight excluding hydrogens is 328 g/mol.